The first-order chi connectivity index (χ1) is 14.7. The van der Waals surface area contributed by atoms with Gasteiger partial charge in [0, 0.05) is 62.9 Å². The highest BCUT2D eigenvalue weighted by atomic mass is 16.2. The molecule has 3 aromatic rings. The average molecular weight is 405 g/mol. The molecule has 0 atom stereocenters. The number of hydrogen-bond acceptors (Lipinski definition) is 5. The summed E-state index contributed by atoms with van der Waals surface area (Å²) in [5.74, 6) is 0.636. The molecule has 0 bridgehead atoms. The van der Waals surface area contributed by atoms with E-state index in [-0.39, 0.29) is 5.69 Å². The fourth-order valence-electron chi connectivity index (χ4n) is 3.96. The van der Waals surface area contributed by atoms with Gasteiger partial charge in [0.05, 0.1) is 6.54 Å². The van der Waals surface area contributed by atoms with E-state index >= 15 is 0 Å². The van der Waals surface area contributed by atoms with Gasteiger partial charge in [-0.3, -0.25) is 14.5 Å². The molecule has 0 spiro atoms. The van der Waals surface area contributed by atoms with Crippen LogP contribution in [0.4, 0.5) is 5.69 Å². The van der Waals surface area contributed by atoms with Gasteiger partial charge in [-0.25, -0.2) is 9.48 Å². The summed E-state index contributed by atoms with van der Waals surface area (Å²) >= 11 is 0. The summed E-state index contributed by atoms with van der Waals surface area (Å²) in [5.41, 5.74) is 3.36. The fourth-order valence-corrected chi connectivity index (χ4v) is 3.96. The van der Waals surface area contributed by atoms with Gasteiger partial charge < -0.3 is 4.90 Å². The molecule has 1 aromatic carbocycles. The minimum absolute atomic E-state index is 0.104. The van der Waals surface area contributed by atoms with Gasteiger partial charge >= 0.3 is 5.69 Å². The number of aryl methyl sites for hydroxylation is 1. The van der Waals surface area contributed by atoms with E-state index in [0.717, 1.165) is 38.3 Å². The van der Waals surface area contributed by atoms with Crippen LogP contribution < -0.4 is 10.6 Å². The molecule has 0 aliphatic carbocycles. The van der Waals surface area contributed by atoms with Crippen molar-refractivity contribution in [3.05, 3.63) is 77.5 Å². The van der Waals surface area contributed by atoms with Crippen molar-refractivity contribution in [3.63, 3.8) is 0 Å². The van der Waals surface area contributed by atoms with Crippen LogP contribution in [-0.4, -0.2) is 57.0 Å². The highest BCUT2D eigenvalue weighted by molar-refractivity contribution is 5.54. The summed E-state index contributed by atoms with van der Waals surface area (Å²) < 4.78 is 3.22. The van der Waals surface area contributed by atoms with Gasteiger partial charge in [-0.15, -0.1) is 11.7 Å². The number of allylic oxidation sites excluding steroid dienone is 1. The molecule has 1 saturated heterocycles. The topological polar surface area (TPSA) is 59.2 Å². The standard InChI is InChI=1S/C23H28N6O/c1-3-11-28-22(20-8-6-10-24-18-20)25-29(23(28)30)17-14-26-12-15-27(16-13-26)21-9-5-4-7-19(21)2/h3-10,18H,1,11-17H2,2H3. The van der Waals surface area contributed by atoms with E-state index in [1.807, 2.05) is 12.1 Å². The van der Waals surface area contributed by atoms with E-state index in [4.69, 9.17) is 0 Å². The van der Waals surface area contributed by atoms with Crippen molar-refractivity contribution in [2.75, 3.05) is 37.6 Å². The van der Waals surface area contributed by atoms with Gasteiger partial charge in [-0.1, -0.05) is 24.3 Å². The van der Waals surface area contributed by atoms with Crippen molar-refractivity contribution in [1.29, 1.82) is 0 Å². The Balaban J connectivity index is 1.42. The number of aromatic nitrogens is 4. The van der Waals surface area contributed by atoms with E-state index in [0.29, 0.717) is 18.9 Å². The van der Waals surface area contributed by atoms with Crippen molar-refractivity contribution in [2.24, 2.45) is 0 Å². The SMILES string of the molecule is C=CCn1c(-c2cccnc2)nn(CCN2CCN(c3ccccc3C)CC2)c1=O. The number of piperazine rings is 1. The largest absolute Gasteiger partial charge is 0.369 e. The van der Waals surface area contributed by atoms with Gasteiger partial charge in [-0.2, -0.15) is 0 Å². The summed E-state index contributed by atoms with van der Waals surface area (Å²) in [4.78, 5) is 21.9. The molecule has 3 heterocycles. The van der Waals surface area contributed by atoms with Crippen molar-refractivity contribution in [3.8, 4) is 11.4 Å². The first-order valence-electron chi connectivity index (χ1n) is 10.4. The minimum atomic E-state index is -0.104. The molecule has 7 heteroatoms. The molecule has 4 rings (SSSR count). The van der Waals surface area contributed by atoms with E-state index in [1.165, 1.54) is 11.3 Å². The van der Waals surface area contributed by atoms with Gasteiger partial charge in [0.2, 0.25) is 0 Å². The van der Waals surface area contributed by atoms with Crippen LogP contribution in [0.1, 0.15) is 5.56 Å². The Bertz CT molecular complexity index is 1050. The van der Waals surface area contributed by atoms with Crippen LogP contribution in [0.5, 0.6) is 0 Å². The second-order valence-corrected chi connectivity index (χ2v) is 7.59. The Labute approximate surface area is 176 Å². The third kappa shape index (κ3) is 4.21. The van der Waals surface area contributed by atoms with Crippen LogP contribution in [0.3, 0.4) is 0 Å². The lowest BCUT2D eigenvalue weighted by Gasteiger charge is -2.36. The normalized spacial score (nSPS) is 14.8. The molecule has 2 aromatic heterocycles. The van der Waals surface area contributed by atoms with E-state index in [1.54, 1.807) is 27.7 Å². The molecule has 156 valence electrons. The summed E-state index contributed by atoms with van der Waals surface area (Å²) in [7, 11) is 0. The smallest absolute Gasteiger partial charge is 0.346 e. The second-order valence-electron chi connectivity index (χ2n) is 7.59. The van der Waals surface area contributed by atoms with Crippen molar-refractivity contribution in [1.82, 2.24) is 24.2 Å². The third-order valence-electron chi connectivity index (χ3n) is 5.61. The molecule has 0 unspecified atom stereocenters. The molecule has 7 nitrogen and oxygen atoms in total. The van der Waals surface area contributed by atoms with Gasteiger partial charge in [0.15, 0.2) is 5.82 Å². The first-order valence-corrected chi connectivity index (χ1v) is 10.4. The van der Waals surface area contributed by atoms with Crippen LogP contribution in [0.15, 0.2) is 66.2 Å². The number of hydrogen-bond donors (Lipinski definition) is 0. The van der Waals surface area contributed by atoms with E-state index < -0.39 is 0 Å². The van der Waals surface area contributed by atoms with Gasteiger partial charge in [0.1, 0.15) is 0 Å². The third-order valence-corrected chi connectivity index (χ3v) is 5.61. The molecule has 1 fully saturated rings. The number of pyridine rings is 1. The van der Waals surface area contributed by atoms with Crippen LogP contribution in [-0.2, 0) is 13.1 Å². The fraction of sp³-hybridized carbons (Fsp3) is 0.348. The molecule has 30 heavy (non-hydrogen) atoms. The monoisotopic (exact) mass is 404 g/mol. The number of nitrogens with zero attached hydrogens (tertiary/aromatic N) is 6. The maximum Gasteiger partial charge on any atom is 0.346 e. The summed E-state index contributed by atoms with van der Waals surface area (Å²) in [5, 5.41) is 4.60. The lowest BCUT2D eigenvalue weighted by molar-refractivity contribution is 0.243. The molecular weight excluding hydrogens is 376 g/mol. The number of rotatable bonds is 7. The van der Waals surface area contributed by atoms with Gasteiger partial charge in [0.25, 0.3) is 0 Å². The predicted octanol–water partition coefficient (Wildman–Crippen LogP) is 2.42. The predicted molar refractivity (Wildman–Crippen MR) is 120 cm³/mol. The molecule has 0 saturated carbocycles. The van der Waals surface area contributed by atoms with Crippen molar-refractivity contribution < 1.29 is 0 Å². The Morgan fingerprint density at radius 1 is 1.07 bits per heavy atom. The highest BCUT2D eigenvalue weighted by Gasteiger charge is 2.19. The van der Waals surface area contributed by atoms with E-state index in [2.05, 4.69) is 57.7 Å². The summed E-state index contributed by atoms with van der Waals surface area (Å²) in [6.45, 7) is 11.7. The maximum atomic E-state index is 12.9. The molecule has 0 amide bonds. The second kappa shape index (κ2) is 9.09. The minimum Gasteiger partial charge on any atom is -0.369 e. The highest BCUT2D eigenvalue weighted by Crippen LogP contribution is 2.20. The molecule has 0 radical (unpaired) electrons. The Morgan fingerprint density at radius 3 is 2.57 bits per heavy atom. The van der Waals surface area contributed by atoms with Crippen LogP contribution in [0, 0.1) is 6.92 Å². The quantitative estimate of drug-likeness (QED) is 0.566. The molecular formula is C23H28N6O. The Morgan fingerprint density at radius 2 is 1.87 bits per heavy atom. The first kappa shape index (κ1) is 20.1. The average Bonchev–Trinajstić information content (AvgIpc) is 3.09. The Hall–Kier alpha value is -3.19. The zero-order valence-electron chi connectivity index (χ0n) is 17.4. The Kier molecular flexibility index (Phi) is 6.09. The number of benzene rings is 1. The number of para-hydroxylation sites is 1. The van der Waals surface area contributed by atoms with Crippen LogP contribution in [0.2, 0.25) is 0 Å². The van der Waals surface area contributed by atoms with Crippen molar-refractivity contribution >= 4 is 5.69 Å². The molecule has 1 aliphatic heterocycles. The lowest BCUT2D eigenvalue weighted by atomic mass is 10.1. The lowest BCUT2D eigenvalue weighted by Crippen LogP contribution is -2.47. The number of anilines is 1. The zero-order chi connectivity index (χ0) is 20.9. The summed E-state index contributed by atoms with van der Waals surface area (Å²) in [6.07, 6.45) is 5.17. The van der Waals surface area contributed by atoms with Crippen molar-refractivity contribution in [2.45, 2.75) is 20.0 Å². The van der Waals surface area contributed by atoms with Crippen LogP contribution in [0.25, 0.3) is 11.4 Å². The van der Waals surface area contributed by atoms with E-state index in [9.17, 15) is 4.79 Å². The maximum absolute atomic E-state index is 12.9. The van der Waals surface area contributed by atoms with Crippen LogP contribution >= 0.6 is 0 Å². The molecule has 0 N–H and O–H groups in total. The zero-order valence-corrected chi connectivity index (χ0v) is 17.4. The van der Waals surface area contributed by atoms with Gasteiger partial charge in [-0.05, 0) is 30.7 Å². The molecule has 1 aliphatic rings. The summed E-state index contributed by atoms with van der Waals surface area (Å²) in [6, 6.07) is 12.3.